The average molecular weight is 447 g/mol. The van der Waals surface area contributed by atoms with Gasteiger partial charge in [0.1, 0.15) is 11.5 Å². The number of hydrogen-bond donors (Lipinski definition) is 0. The second-order valence-electron chi connectivity index (χ2n) is 7.46. The van der Waals surface area contributed by atoms with Gasteiger partial charge in [-0.05, 0) is 42.0 Å². The third kappa shape index (κ3) is 4.35. The lowest BCUT2D eigenvalue weighted by molar-refractivity contribution is 0.0711. The summed E-state index contributed by atoms with van der Waals surface area (Å²) in [6.45, 7) is 0. The van der Waals surface area contributed by atoms with Gasteiger partial charge in [-0.3, -0.25) is 4.79 Å². The molecule has 0 bridgehead atoms. The Kier molecular flexibility index (Phi) is 6.49. The first kappa shape index (κ1) is 22.2. The molecule has 1 aliphatic rings. The summed E-state index contributed by atoms with van der Waals surface area (Å²) in [5, 5.41) is 6.30. The van der Waals surface area contributed by atoms with Crippen LogP contribution in [0, 0.1) is 0 Å². The second-order valence-corrected chi connectivity index (χ2v) is 7.46. The first-order chi connectivity index (χ1) is 16.1. The highest BCUT2D eigenvalue weighted by atomic mass is 16.5. The summed E-state index contributed by atoms with van der Waals surface area (Å²) in [6, 6.07) is 20.0. The second kappa shape index (κ2) is 9.65. The van der Waals surface area contributed by atoms with Gasteiger partial charge in [0.15, 0.2) is 11.5 Å². The Morgan fingerprint density at radius 2 is 1.55 bits per heavy atom. The smallest absolute Gasteiger partial charge is 0.274 e. The largest absolute Gasteiger partial charge is 0.497 e. The quantitative estimate of drug-likeness (QED) is 0.526. The van der Waals surface area contributed by atoms with E-state index < -0.39 is 0 Å². The summed E-state index contributed by atoms with van der Waals surface area (Å²) in [6.07, 6.45) is 0.511. The molecule has 4 rings (SSSR count). The lowest BCUT2D eigenvalue weighted by Gasteiger charge is -2.23. The van der Waals surface area contributed by atoms with E-state index >= 15 is 0 Å². The maximum absolute atomic E-state index is 13.5. The average Bonchev–Trinajstić information content (AvgIpc) is 3.33. The molecule has 7 nitrogen and oxygen atoms in total. The Labute approximate surface area is 193 Å². The summed E-state index contributed by atoms with van der Waals surface area (Å²) in [7, 11) is 6.39. The Morgan fingerprint density at radius 3 is 2.21 bits per heavy atom. The Bertz CT molecular complexity index is 1180. The first-order valence-corrected chi connectivity index (χ1v) is 10.5. The third-order valence-electron chi connectivity index (χ3n) is 5.65. The molecule has 1 aliphatic heterocycles. The number of hydrogen-bond acceptors (Lipinski definition) is 6. The predicted octanol–water partition coefficient (Wildman–Crippen LogP) is 4.71. The van der Waals surface area contributed by atoms with Crippen molar-refractivity contribution in [1.29, 1.82) is 0 Å². The number of nitrogens with zero attached hydrogens (tertiary/aromatic N) is 2. The number of rotatable bonds is 7. The highest BCUT2D eigenvalue weighted by molar-refractivity contribution is 6.06. The van der Waals surface area contributed by atoms with E-state index in [9.17, 15) is 4.79 Å². The molecule has 0 spiro atoms. The van der Waals surface area contributed by atoms with Gasteiger partial charge in [-0.25, -0.2) is 5.01 Å². The summed E-state index contributed by atoms with van der Waals surface area (Å²) in [5.41, 5.74) is 3.02. The molecule has 33 heavy (non-hydrogen) atoms. The fraction of sp³-hybridized carbons (Fsp3) is 0.231. The maximum Gasteiger partial charge on any atom is 0.274 e. The Balaban J connectivity index is 1.78. The molecular formula is C26H26N2O5. The SMILES string of the molecule is COc1ccc(C2=NN(C(=O)c3ccccc3)[C@H](c3ccc(OC)c(OC)c3)C2)c(OC)c1. The van der Waals surface area contributed by atoms with E-state index in [0.29, 0.717) is 35.0 Å². The van der Waals surface area contributed by atoms with Crippen LogP contribution in [0.5, 0.6) is 23.0 Å². The van der Waals surface area contributed by atoms with E-state index in [1.807, 2.05) is 54.6 Å². The van der Waals surface area contributed by atoms with Crippen molar-refractivity contribution >= 4 is 11.6 Å². The van der Waals surface area contributed by atoms with E-state index in [2.05, 4.69) is 0 Å². The molecule has 1 atom stereocenters. The van der Waals surface area contributed by atoms with Crippen LogP contribution in [0.2, 0.25) is 0 Å². The molecular weight excluding hydrogens is 420 g/mol. The molecule has 0 unspecified atom stereocenters. The molecule has 0 aliphatic carbocycles. The maximum atomic E-state index is 13.5. The van der Waals surface area contributed by atoms with Gasteiger partial charge in [0.25, 0.3) is 5.91 Å². The zero-order chi connectivity index (χ0) is 23.4. The van der Waals surface area contributed by atoms with Crippen LogP contribution >= 0.6 is 0 Å². The van der Waals surface area contributed by atoms with Crippen molar-refractivity contribution in [2.45, 2.75) is 12.5 Å². The van der Waals surface area contributed by atoms with Crippen LogP contribution < -0.4 is 18.9 Å². The van der Waals surface area contributed by atoms with Crippen molar-refractivity contribution < 1.29 is 23.7 Å². The summed E-state index contributed by atoms with van der Waals surface area (Å²) >= 11 is 0. The molecule has 1 heterocycles. The molecule has 0 N–H and O–H groups in total. The van der Waals surface area contributed by atoms with Crippen LogP contribution in [0.1, 0.15) is 33.9 Å². The number of carbonyl (C=O) groups is 1. The van der Waals surface area contributed by atoms with Gasteiger partial charge < -0.3 is 18.9 Å². The van der Waals surface area contributed by atoms with Crippen LogP contribution in [0.4, 0.5) is 0 Å². The summed E-state index contributed by atoms with van der Waals surface area (Å²) in [5.74, 6) is 2.35. The van der Waals surface area contributed by atoms with Crippen LogP contribution in [0.3, 0.4) is 0 Å². The molecule has 0 saturated heterocycles. The van der Waals surface area contributed by atoms with Crippen LogP contribution in [0.15, 0.2) is 71.8 Å². The molecule has 0 fully saturated rings. The summed E-state index contributed by atoms with van der Waals surface area (Å²) < 4.78 is 21.8. The Hall–Kier alpha value is -4.00. The van der Waals surface area contributed by atoms with Gasteiger partial charge >= 0.3 is 0 Å². The van der Waals surface area contributed by atoms with Crippen molar-refractivity contribution in [2.75, 3.05) is 28.4 Å². The van der Waals surface area contributed by atoms with E-state index in [1.165, 1.54) is 5.01 Å². The van der Waals surface area contributed by atoms with E-state index in [0.717, 1.165) is 16.8 Å². The number of amides is 1. The highest BCUT2D eigenvalue weighted by Gasteiger charge is 2.35. The van der Waals surface area contributed by atoms with Gasteiger partial charge in [-0.15, -0.1) is 0 Å². The monoisotopic (exact) mass is 446 g/mol. The van der Waals surface area contributed by atoms with Crippen molar-refractivity contribution in [2.24, 2.45) is 5.10 Å². The van der Waals surface area contributed by atoms with Crippen LogP contribution in [-0.4, -0.2) is 45.1 Å². The minimum absolute atomic E-state index is 0.183. The predicted molar refractivity (Wildman–Crippen MR) is 126 cm³/mol. The topological polar surface area (TPSA) is 69.6 Å². The lowest BCUT2D eigenvalue weighted by Crippen LogP contribution is -2.27. The van der Waals surface area contributed by atoms with Crippen LogP contribution in [-0.2, 0) is 0 Å². The number of carbonyl (C=O) groups excluding carboxylic acids is 1. The minimum Gasteiger partial charge on any atom is -0.497 e. The van der Waals surface area contributed by atoms with Gasteiger partial charge in [0.05, 0.1) is 40.2 Å². The summed E-state index contributed by atoms with van der Waals surface area (Å²) in [4.78, 5) is 13.5. The fourth-order valence-corrected chi connectivity index (χ4v) is 3.93. The fourth-order valence-electron chi connectivity index (χ4n) is 3.93. The molecule has 0 saturated carbocycles. The van der Waals surface area contributed by atoms with Gasteiger partial charge in [0.2, 0.25) is 0 Å². The van der Waals surface area contributed by atoms with Crippen molar-refractivity contribution in [3.63, 3.8) is 0 Å². The zero-order valence-electron chi connectivity index (χ0n) is 19.1. The highest BCUT2D eigenvalue weighted by Crippen LogP contribution is 2.39. The van der Waals surface area contributed by atoms with Gasteiger partial charge in [0, 0.05) is 23.6 Å². The number of hydrazone groups is 1. The van der Waals surface area contributed by atoms with Gasteiger partial charge in [-0.2, -0.15) is 5.10 Å². The van der Waals surface area contributed by atoms with Crippen LogP contribution in [0.25, 0.3) is 0 Å². The molecule has 3 aromatic rings. The number of benzene rings is 3. The van der Waals surface area contributed by atoms with E-state index in [1.54, 1.807) is 40.6 Å². The molecule has 1 amide bonds. The molecule has 0 radical (unpaired) electrons. The first-order valence-electron chi connectivity index (χ1n) is 10.5. The standard InChI is InChI=1S/C26H26N2O5/c1-30-19-11-12-20(24(15-19)32-3)21-16-22(18-10-13-23(31-2)25(14-18)33-4)28(27-21)26(29)17-8-6-5-7-9-17/h5-15,22H,16H2,1-4H3/t22-/m0/s1. The van der Waals surface area contributed by atoms with Crippen molar-refractivity contribution in [3.05, 3.63) is 83.4 Å². The van der Waals surface area contributed by atoms with E-state index in [-0.39, 0.29) is 11.9 Å². The van der Waals surface area contributed by atoms with Crippen molar-refractivity contribution in [3.8, 4) is 23.0 Å². The molecule has 3 aromatic carbocycles. The normalized spacial score (nSPS) is 15.1. The number of ether oxygens (including phenoxy) is 4. The minimum atomic E-state index is -0.320. The molecule has 0 aromatic heterocycles. The number of methoxy groups -OCH3 is 4. The van der Waals surface area contributed by atoms with Crippen molar-refractivity contribution in [1.82, 2.24) is 5.01 Å². The zero-order valence-corrected chi connectivity index (χ0v) is 19.1. The Morgan fingerprint density at radius 1 is 0.818 bits per heavy atom. The van der Waals surface area contributed by atoms with Gasteiger partial charge in [-0.1, -0.05) is 24.3 Å². The molecule has 7 heteroatoms. The lowest BCUT2D eigenvalue weighted by atomic mass is 9.97. The molecule has 170 valence electrons. The third-order valence-corrected chi connectivity index (χ3v) is 5.65. The van der Waals surface area contributed by atoms with E-state index in [4.69, 9.17) is 24.0 Å².